The van der Waals surface area contributed by atoms with Crippen LogP contribution in [-0.4, -0.2) is 533 Å². The van der Waals surface area contributed by atoms with Gasteiger partial charge in [0.25, 0.3) is 0 Å². The van der Waals surface area contributed by atoms with E-state index in [0.29, 0.717) is 89.9 Å². The molecule has 0 bridgehead atoms. The Morgan fingerprint density at radius 3 is 0.809 bits per heavy atom. The molecule has 0 spiro atoms. The summed E-state index contributed by atoms with van der Waals surface area (Å²) in [7, 11) is 0. The fraction of sp³-hybridized carbons (Fsp3) is 0.897. The van der Waals surface area contributed by atoms with Gasteiger partial charge in [-0.15, -0.1) is 0 Å². The van der Waals surface area contributed by atoms with Gasteiger partial charge in [0.05, 0.1) is 105 Å². The number of Topliss-reactive ketones (excluding diaryl/α,β-unsaturated/α-hetero) is 3. The molecule has 0 unspecified atom stereocenters. The van der Waals surface area contributed by atoms with Crippen LogP contribution < -0.4 is 31.9 Å². The lowest BCUT2D eigenvalue weighted by atomic mass is 9.96. The number of amides is 6. The average Bonchev–Trinajstić information content (AvgIpc) is 0.807. The molecule has 35 atom stereocenters. The Bertz CT molecular complexity index is 3660. The molecule has 0 aromatic heterocycles. The van der Waals surface area contributed by atoms with Gasteiger partial charge in [0, 0.05) is 77.8 Å². The Labute approximate surface area is 813 Å². The maximum absolute atomic E-state index is 13.7. The number of rotatable bonds is 65. The van der Waals surface area contributed by atoms with Crippen molar-refractivity contribution in [1.29, 1.82) is 0 Å². The zero-order chi connectivity index (χ0) is 104. The standard InChI is InChI=1S/C87H152N8O46/c1-3-45(100)18-8-4-11-23-88-54(103)32-94(33-55(104)89-24-12-6-10-20-47(102)22-17-30-129-84-77(126)79(140-86-75(124)70(119)63(112)50(40-98)136-86)65(114)52(138-84)42-131-82-73(122)68(117)61(110)48(38-96)134-82)34-57(106)91-26-14-7-15-27-92-58(107)36-95(35-56(105)90-25-13-5-9-19-46(101)21-16-29-128-81-72(121)67(116)60(109)44(2)133-81)37-59(108)93-28-31-130-85-78(127)80(141-87-76(125)71(120)64(113)51(41-99)137-87)66(115)53(139-85)43-132-83-74(123)69(118)62(111)49(39-97)135-83/h44,48-53,60-87,96-99,109-127H,3-43H2,1-2H3,(H,88,103)(H,89,104)(H,90,105)(H,91,106)(H,92,107)(H,93,108)/t44-,48+,49+,50+,51+,52+,53+,60+,61+,62+,63+,64+,65+,66+,67+,68-,69-,70-,71-,72-,73-,74-,75-,76-,77-,78-,79-,80-,81+,82-,83-,84-,85-,86+,87+/m0/s1. The molecule has 7 rings (SSSR count). The Balaban J connectivity index is 0.862. The molecule has 0 aromatic carbocycles. The van der Waals surface area contributed by atoms with Crippen molar-refractivity contribution in [3.05, 3.63) is 0 Å². The lowest BCUT2D eigenvalue weighted by Crippen LogP contribution is -2.65. The van der Waals surface area contributed by atoms with E-state index in [0.717, 1.165) is 0 Å². The number of carbonyl (C=O) groups is 9. The summed E-state index contributed by atoms with van der Waals surface area (Å²) in [5.74, 6) is -3.61. The van der Waals surface area contributed by atoms with Crippen molar-refractivity contribution in [1.82, 2.24) is 41.7 Å². The highest BCUT2D eigenvalue weighted by Crippen LogP contribution is 2.35. The van der Waals surface area contributed by atoms with Crippen molar-refractivity contribution >= 4 is 52.8 Å². The predicted molar refractivity (Wildman–Crippen MR) is 472 cm³/mol. The number of hydrogen-bond donors (Lipinski definition) is 29. The second-order valence-electron chi connectivity index (χ2n) is 36.1. The van der Waals surface area contributed by atoms with Crippen LogP contribution in [0.25, 0.3) is 0 Å². The third-order valence-corrected chi connectivity index (χ3v) is 24.8. The molecular weight excluding hydrogens is 1890 g/mol. The van der Waals surface area contributed by atoms with Crippen LogP contribution in [0.4, 0.5) is 0 Å². The fourth-order valence-electron chi connectivity index (χ4n) is 16.3. The summed E-state index contributed by atoms with van der Waals surface area (Å²) in [6, 6.07) is 0. The molecule has 6 amide bonds. The van der Waals surface area contributed by atoms with Crippen molar-refractivity contribution in [2.24, 2.45) is 0 Å². The molecule has 54 nitrogen and oxygen atoms in total. The van der Waals surface area contributed by atoms with Crippen molar-refractivity contribution in [3.63, 3.8) is 0 Å². The molecule has 7 aliphatic heterocycles. The minimum atomic E-state index is -2.03. The van der Waals surface area contributed by atoms with E-state index in [2.05, 4.69) is 31.9 Å². The number of nitrogens with zero attached hydrogens (tertiary/aromatic N) is 2. The van der Waals surface area contributed by atoms with Crippen molar-refractivity contribution in [2.45, 2.75) is 357 Å². The topological polar surface area (TPSA) is 827 Å². The first kappa shape index (κ1) is 122. The lowest BCUT2D eigenvalue weighted by molar-refractivity contribution is -0.366. The van der Waals surface area contributed by atoms with Gasteiger partial charge in [-0.05, 0) is 77.6 Å². The molecule has 7 heterocycles. The van der Waals surface area contributed by atoms with Gasteiger partial charge < -0.3 is 216 Å². The number of nitrogens with one attached hydrogen (secondary N) is 6. The summed E-state index contributed by atoms with van der Waals surface area (Å²) in [6.45, 7) is -4.41. The van der Waals surface area contributed by atoms with Crippen molar-refractivity contribution < 1.29 is 227 Å². The zero-order valence-electron chi connectivity index (χ0n) is 79.3. The largest absolute Gasteiger partial charge is 0.394 e. The summed E-state index contributed by atoms with van der Waals surface area (Å²) < 4.78 is 78.5. The Morgan fingerprint density at radius 2 is 0.496 bits per heavy atom. The second-order valence-corrected chi connectivity index (χ2v) is 36.1. The highest BCUT2D eigenvalue weighted by molar-refractivity contribution is 5.85. The van der Waals surface area contributed by atoms with Crippen LogP contribution in [0.5, 0.6) is 0 Å². The minimum absolute atomic E-state index is 0.0170. The predicted octanol–water partition coefficient (Wildman–Crippen LogP) is -14.4. The third kappa shape index (κ3) is 39.4. The number of carbonyl (C=O) groups excluding carboxylic acids is 9. The molecule has 0 radical (unpaired) electrons. The quantitative estimate of drug-likeness (QED) is 0.0251. The maximum Gasteiger partial charge on any atom is 0.234 e. The molecule has 7 saturated heterocycles. The fourth-order valence-corrected chi connectivity index (χ4v) is 16.3. The molecule has 0 aliphatic carbocycles. The van der Waals surface area contributed by atoms with Gasteiger partial charge in [0.2, 0.25) is 35.4 Å². The number of aliphatic hydroxyl groups excluding tert-OH is 23. The molecule has 0 aromatic rings. The number of hydrogen-bond acceptors (Lipinski definition) is 48. The van der Waals surface area contributed by atoms with Gasteiger partial charge in [-0.3, -0.25) is 53.0 Å². The minimum Gasteiger partial charge on any atom is -0.394 e. The van der Waals surface area contributed by atoms with E-state index in [9.17, 15) is 161 Å². The first-order valence-electron chi connectivity index (χ1n) is 48.2. The summed E-state index contributed by atoms with van der Waals surface area (Å²) in [5, 5.41) is 257. The number of ketones is 3. The Hall–Kier alpha value is -5.73. The van der Waals surface area contributed by atoms with E-state index < -0.39 is 316 Å². The summed E-state index contributed by atoms with van der Waals surface area (Å²) in [5.41, 5.74) is 0. The molecule has 7 aliphatic rings. The zero-order valence-corrected chi connectivity index (χ0v) is 79.3. The van der Waals surface area contributed by atoms with Crippen LogP contribution in [0.1, 0.15) is 142 Å². The van der Waals surface area contributed by atoms with Gasteiger partial charge >= 0.3 is 0 Å². The average molecular weight is 2050 g/mol. The SMILES string of the molecule is CCC(=O)CCCCCNC(=O)CN(CC(=O)NCCCCCNC(=O)CN(CC(=O)NCCCCCC(=O)CCCO[C@@H]1O[C@@H](C)[C@@H](O)[C@@H](O)[C@@H]1O)CC(=O)NCCO[C@H]1O[C@H](CO[C@H]2O[C@H](CO)[C@@H](O)[C@H](O)[C@@H]2O)[C@@H](O)[C@H](O[C@H]2O[C@H](CO)[C@@H](O)[C@H](O)[C@@H]2O)[C@@H]1O)CC(=O)NCCCCCC(=O)CCCO[C@H]1O[C@H](CO[C@H]2O[C@H](CO)[C@@H](O)[C@H](O)[C@@H]2O)[C@@H](O)[C@H](O[C@H]2O[C@H](CO)[C@@H](O)[C@H](O)[C@@H]2O)[C@@H]1O. The smallest absolute Gasteiger partial charge is 0.234 e. The number of unbranched alkanes of at least 4 members (excludes halogenated alkanes) is 8. The lowest BCUT2D eigenvalue weighted by Gasteiger charge is -2.46. The van der Waals surface area contributed by atoms with Crippen LogP contribution >= 0.6 is 0 Å². The van der Waals surface area contributed by atoms with Crippen molar-refractivity contribution in [3.8, 4) is 0 Å². The van der Waals surface area contributed by atoms with Crippen LogP contribution in [-0.2, 0) is 109 Å². The summed E-state index contributed by atoms with van der Waals surface area (Å²) >= 11 is 0. The van der Waals surface area contributed by atoms with Crippen LogP contribution in [0.2, 0.25) is 0 Å². The van der Waals surface area contributed by atoms with E-state index in [1.165, 1.54) is 16.7 Å². The number of ether oxygens (including phenoxy) is 14. The summed E-state index contributed by atoms with van der Waals surface area (Å²) in [6.07, 6.45) is -52.3. The third-order valence-electron chi connectivity index (χ3n) is 24.8. The van der Waals surface area contributed by atoms with Gasteiger partial charge in [-0.25, -0.2) is 0 Å². The first-order valence-corrected chi connectivity index (χ1v) is 48.2. The van der Waals surface area contributed by atoms with Gasteiger partial charge in [-0.1, -0.05) is 26.2 Å². The van der Waals surface area contributed by atoms with E-state index >= 15 is 0 Å². The molecule has 54 heteroatoms. The molecule has 141 heavy (non-hydrogen) atoms. The maximum atomic E-state index is 13.7. The van der Waals surface area contributed by atoms with E-state index in [-0.39, 0.29) is 128 Å². The number of aliphatic hydroxyl groups is 23. The van der Waals surface area contributed by atoms with Crippen LogP contribution in [0.3, 0.4) is 0 Å². The Morgan fingerprint density at radius 1 is 0.248 bits per heavy atom. The van der Waals surface area contributed by atoms with Crippen molar-refractivity contribution in [2.75, 3.05) is 138 Å². The summed E-state index contributed by atoms with van der Waals surface area (Å²) in [4.78, 5) is 121. The van der Waals surface area contributed by atoms with E-state index in [4.69, 9.17) is 66.3 Å². The molecular formula is C87H152N8O46. The highest BCUT2D eigenvalue weighted by Gasteiger charge is 2.56. The van der Waals surface area contributed by atoms with Gasteiger partial charge in [0.15, 0.2) is 44.0 Å². The second kappa shape index (κ2) is 63.8. The molecule has 816 valence electrons. The molecule has 7 fully saturated rings. The van der Waals surface area contributed by atoms with Crippen LogP contribution in [0, 0.1) is 0 Å². The normalized spacial score (nSPS) is 34.6. The highest BCUT2D eigenvalue weighted by atomic mass is 16.8. The van der Waals surface area contributed by atoms with Crippen LogP contribution in [0.15, 0.2) is 0 Å². The Kier molecular flexibility index (Phi) is 55.3. The monoisotopic (exact) mass is 2040 g/mol. The van der Waals surface area contributed by atoms with E-state index in [1.54, 1.807) is 6.92 Å². The van der Waals surface area contributed by atoms with Gasteiger partial charge in [-0.2, -0.15) is 0 Å². The molecule has 0 saturated carbocycles. The van der Waals surface area contributed by atoms with E-state index in [1.807, 2.05) is 0 Å². The molecule has 29 N–H and O–H groups in total. The van der Waals surface area contributed by atoms with Gasteiger partial charge in [0.1, 0.15) is 182 Å². The first-order chi connectivity index (χ1) is 67.2.